The van der Waals surface area contributed by atoms with E-state index in [0.29, 0.717) is 38.9 Å². The molecule has 24 heavy (non-hydrogen) atoms. The number of rotatable bonds is 4. The van der Waals surface area contributed by atoms with E-state index in [4.69, 9.17) is 5.26 Å². The normalized spacial score (nSPS) is 15.9. The third kappa shape index (κ3) is 3.50. The molecule has 1 amide bonds. The van der Waals surface area contributed by atoms with Crippen molar-refractivity contribution in [2.45, 2.75) is 31.9 Å². The first-order valence-electron chi connectivity index (χ1n) is 8.29. The molecule has 1 N–H and O–H groups in total. The number of hydrogen-bond donors (Lipinski definition) is 1. The van der Waals surface area contributed by atoms with E-state index < -0.39 is 0 Å². The van der Waals surface area contributed by atoms with Crippen LogP contribution in [0.1, 0.15) is 24.8 Å². The molecule has 0 spiro atoms. The summed E-state index contributed by atoms with van der Waals surface area (Å²) in [5.41, 5.74) is 2.05. The van der Waals surface area contributed by atoms with Crippen molar-refractivity contribution < 1.29 is 9.90 Å². The zero-order chi connectivity index (χ0) is 16.9. The molecular weight excluding hydrogens is 302 g/mol. The lowest BCUT2D eigenvalue weighted by Crippen LogP contribution is -2.39. The van der Waals surface area contributed by atoms with Gasteiger partial charge in [0, 0.05) is 48.4 Å². The smallest absolute Gasteiger partial charge is 0.246 e. The van der Waals surface area contributed by atoms with Gasteiger partial charge in [-0.1, -0.05) is 18.2 Å². The number of amides is 1. The zero-order valence-corrected chi connectivity index (χ0v) is 13.6. The number of carbonyl (C=O) groups is 1. The Kier molecular flexibility index (Phi) is 4.97. The Morgan fingerprint density at radius 3 is 2.83 bits per heavy atom. The molecule has 0 radical (unpaired) electrons. The summed E-state index contributed by atoms with van der Waals surface area (Å²) in [5.74, 6) is -0.0178. The van der Waals surface area contributed by atoms with Crippen LogP contribution < -0.4 is 0 Å². The molecule has 3 rings (SSSR count). The molecule has 1 aliphatic rings. The topological polar surface area (TPSA) is 69.3 Å². The van der Waals surface area contributed by atoms with Crippen molar-refractivity contribution in [1.82, 2.24) is 9.47 Å². The van der Waals surface area contributed by atoms with E-state index in [1.54, 1.807) is 11.0 Å². The molecule has 2 heterocycles. The number of aromatic nitrogens is 1. The average molecular weight is 323 g/mol. The number of piperidine rings is 1. The third-order valence-electron chi connectivity index (χ3n) is 4.47. The molecule has 0 atom stereocenters. The molecule has 2 aromatic rings. The molecule has 1 aliphatic heterocycles. The molecule has 0 bridgehead atoms. The monoisotopic (exact) mass is 323 g/mol. The van der Waals surface area contributed by atoms with Crippen molar-refractivity contribution in [3.63, 3.8) is 0 Å². The van der Waals surface area contributed by atoms with Crippen LogP contribution in [-0.4, -0.2) is 39.7 Å². The fourth-order valence-electron chi connectivity index (χ4n) is 3.12. The van der Waals surface area contributed by atoms with Crippen LogP contribution in [0.15, 0.2) is 36.5 Å². The lowest BCUT2D eigenvalue weighted by atomic mass is 10.1. The first-order chi connectivity index (χ1) is 11.7. The van der Waals surface area contributed by atoms with E-state index >= 15 is 0 Å². The van der Waals surface area contributed by atoms with E-state index in [2.05, 4.69) is 10.6 Å². The van der Waals surface area contributed by atoms with Gasteiger partial charge in [-0.05, 0) is 25.0 Å². The van der Waals surface area contributed by atoms with Gasteiger partial charge in [-0.15, -0.1) is 0 Å². The van der Waals surface area contributed by atoms with Crippen LogP contribution in [0, 0.1) is 11.3 Å². The number of carbonyl (C=O) groups excluding carboxylic acids is 1. The average Bonchev–Trinajstić information content (AvgIpc) is 2.96. The fraction of sp³-hybridized carbons (Fsp3) is 0.368. The van der Waals surface area contributed by atoms with E-state index in [0.717, 1.165) is 16.5 Å². The molecule has 1 aromatic heterocycles. The number of fused-ring (bicyclic) bond motifs is 1. The highest BCUT2D eigenvalue weighted by atomic mass is 16.3. The summed E-state index contributed by atoms with van der Waals surface area (Å²) in [6, 6.07) is 10.2. The van der Waals surface area contributed by atoms with Crippen LogP contribution in [0.25, 0.3) is 17.0 Å². The Balaban J connectivity index is 1.79. The Hall–Kier alpha value is -2.58. The number of nitrogens with zero attached hydrogens (tertiary/aromatic N) is 3. The van der Waals surface area contributed by atoms with Gasteiger partial charge in [-0.2, -0.15) is 5.26 Å². The van der Waals surface area contributed by atoms with Gasteiger partial charge in [-0.3, -0.25) is 4.79 Å². The summed E-state index contributed by atoms with van der Waals surface area (Å²) in [6.45, 7) is 1.85. The van der Waals surface area contributed by atoms with Gasteiger partial charge in [-0.25, -0.2) is 0 Å². The maximum atomic E-state index is 12.3. The zero-order valence-electron chi connectivity index (χ0n) is 13.6. The van der Waals surface area contributed by atoms with Crippen LogP contribution in [0.4, 0.5) is 0 Å². The minimum absolute atomic E-state index is 0.0178. The number of likely N-dealkylation sites (tertiary alicyclic amines) is 1. The predicted molar refractivity (Wildman–Crippen MR) is 93.0 cm³/mol. The van der Waals surface area contributed by atoms with E-state index in [-0.39, 0.29) is 12.0 Å². The SMILES string of the molecule is N#CCCn1cc(/C=C/C(=O)N2CCC(O)CC2)c2ccccc21. The highest BCUT2D eigenvalue weighted by Crippen LogP contribution is 2.23. The van der Waals surface area contributed by atoms with Crippen LogP contribution >= 0.6 is 0 Å². The molecule has 5 nitrogen and oxygen atoms in total. The van der Waals surface area contributed by atoms with Crippen molar-refractivity contribution in [1.29, 1.82) is 5.26 Å². The highest BCUT2D eigenvalue weighted by molar-refractivity contribution is 5.96. The van der Waals surface area contributed by atoms with Crippen molar-refractivity contribution in [2.75, 3.05) is 13.1 Å². The summed E-state index contributed by atoms with van der Waals surface area (Å²) in [6.07, 6.45) is 6.91. The van der Waals surface area contributed by atoms with Gasteiger partial charge in [0.15, 0.2) is 0 Å². The molecule has 0 saturated carbocycles. The van der Waals surface area contributed by atoms with Crippen molar-refractivity contribution in [3.05, 3.63) is 42.1 Å². The Bertz CT molecular complexity index is 793. The van der Waals surface area contributed by atoms with Gasteiger partial charge in [0.2, 0.25) is 5.91 Å². The minimum atomic E-state index is -0.281. The lowest BCUT2D eigenvalue weighted by Gasteiger charge is -2.28. The quantitative estimate of drug-likeness (QED) is 0.879. The maximum absolute atomic E-state index is 12.3. The summed E-state index contributed by atoms with van der Waals surface area (Å²) < 4.78 is 2.06. The largest absolute Gasteiger partial charge is 0.393 e. The van der Waals surface area contributed by atoms with E-state index in [1.165, 1.54) is 0 Å². The van der Waals surface area contributed by atoms with E-state index in [9.17, 15) is 9.90 Å². The number of aliphatic hydroxyl groups is 1. The molecule has 0 unspecified atom stereocenters. The number of aryl methyl sites for hydroxylation is 1. The van der Waals surface area contributed by atoms with Gasteiger partial charge in [0.1, 0.15) is 0 Å². The van der Waals surface area contributed by atoms with Crippen molar-refractivity contribution in [2.24, 2.45) is 0 Å². The molecule has 124 valence electrons. The second kappa shape index (κ2) is 7.33. The van der Waals surface area contributed by atoms with Crippen molar-refractivity contribution in [3.8, 4) is 6.07 Å². The number of hydrogen-bond acceptors (Lipinski definition) is 3. The van der Waals surface area contributed by atoms with Crippen LogP contribution in [0.5, 0.6) is 0 Å². The fourth-order valence-corrected chi connectivity index (χ4v) is 3.12. The van der Waals surface area contributed by atoms with Gasteiger partial charge >= 0.3 is 0 Å². The van der Waals surface area contributed by atoms with Gasteiger partial charge in [0.05, 0.1) is 18.6 Å². The third-order valence-corrected chi connectivity index (χ3v) is 4.47. The Morgan fingerprint density at radius 2 is 2.08 bits per heavy atom. The summed E-state index contributed by atoms with van der Waals surface area (Å²) in [7, 11) is 0. The molecule has 0 aliphatic carbocycles. The summed E-state index contributed by atoms with van der Waals surface area (Å²) in [5, 5.41) is 19.4. The summed E-state index contributed by atoms with van der Waals surface area (Å²) in [4.78, 5) is 14.1. The first kappa shape index (κ1) is 16.3. The molecule has 1 aromatic carbocycles. The van der Waals surface area contributed by atoms with Crippen LogP contribution in [-0.2, 0) is 11.3 Å². The second-order valence-corrected chi connectivity index (χ2v) is 6.09. The van der Waals surface area contributed by atoms with Crippen LogP contribution in [0.3, 0.4) is 0 Å². The summed E-state index contributed by atoms with van der Waals surface area (Å²) >= 11 is 0. The number of benzene rings is 1. The predicted octanol–water partition coefficient (Wildman–Crippen LogP) is 2.55. The van der Waals surface area contributed by atoms with Gasteiger partial charge < -0.3 is 14.6 Å². The molecule has 1 fully saturated rings. The molecular formula is C19H21N3O2. The van der Waals surface area contributed by atoms with Gasteiger partial charge in [0.25, 0.3) is 0 Å². The standard InChI is InChI=1S/C19H21N3O2/c20-10-3-11-22-14-15(17-4-1-2-5-18(17)22)6-7-19(24)21-12-8-16(23)9-13-21/h1-2,4-7,14,16,23H,3,8-9,11-13H2/b7-6+. The maximum Gasteiger partial charge on any atom is 0.246 e. The molecule has 5 heteroatoms. The first-order valence-corrected chi connectivity index (χ1v) is 8.29. The van der Waals surface area contributed by atoms with Crippen LogP contribution in [0.2, 0.25) is 0 Å². The highest BCUT2D eigenvalue weighted by Gasteiger charge is 2.19. The number of aliphatic hydroxyl groups excluding tert-OH is 1. The Morgan fingerprint density at radius 1 is 1.33 bits per heavy atom. The number of para-hydroxylation sites is 1. The van der Waals surface area contributed by atoms with Crippen molar-refractivity contribution >= 4 is 22.9 Å². The number of nitriles is 1. The second-order valence-electron chi connectivity index (χ2n) is 6.09. The lowest BCUT2D eigenvalue weighted by molar-refractivity contribution is -0.127. The Labute approximate surface area is 141 Å². The minimum Gasteiger partial charge on any atom is -0.393 e. The molecule has 1 saturated heterocycles. The van der Waals surface area contributed by atoms with E-state index in [1.807, 2.05) is 36.5 Å².